The average molecular weight is 376 g/mol. The van der Waals surface area contributed by atoms with E-state index in [9.17, 15) is 4.79 Å². The van der Waals surface area contributed by atoms with E-state index < -0.39 is 0 Å². The largest absolute Gasteiger partial charge is 0.490 e. The third kappa shape index (κ3) is 4.88. The van der Waals surface area contributed by atoms with E-state index in [0.717, 1.165) is 16.8 Å². The molecule has 0 bridgehead atoms. The maximum atomic E-state index is 12.6. The Balaban J connectivity index is 1.75. The van der Waals surface area contributed by atoms with Crippen LogP contribution in [0, 0.1) is 13.8 Å². The summed E-state index contributed by atoms with van der Waals surface area (Å²) in [5.41, 5.74) is 4.55. The van der Waals surface area contributed by atoms with Gasteiger partial charge in [-0.15, -0.1) is 0 Å². The van der Waals surface area contributed by atoms with E-state index in [1.54, 1.807) is 30.6 Å². The van der Waals surface area contributed by atoms with E-state index in [-0.39, 0.29) is 5.91 Å². The fourth-order valence-electron chi connectivity index (χ4n) is 2.70. The molecule has 0 radical (unpaired) electrons. The summed E-state index contributed by atoms with van der Waals surface area (Å²) < 4.78 is 11.5. The van der Waals surface area contributed by atoms with Crippen molar-refractivity contribution in [3.8, 4) is 11.5 Å². The zero-order valence-corrected chi connectivity index (χ0v) is 16.4. The number of benzene rings is 2. The summed E-state index contributed by atoms with van der Waals surface area (Å²) in [6, 6.07) is 14.9. The summed E-state index contributed by atoms with van der Waals surface area (Å²) in [6.07, 6.45) is 3.48. The number of nitrogens with zero attached hydrogens (tertiary/aromatic N) is 1. The lowest BCUT2D eigenvalue weighted by Crippen LogP contribution is -2.12. The number of hydrogen-bond donors (Lipinski definition) is 1. The molecule has 2 aromatic carbocycles. The average Bonchev–Trinajstić information content (AvgIpc) is 2.71. The molecule has 1 aromatic heterocycles. The van der Waals surface area contributed by atoms with Crippen molar-refractivity contribution in [2.75, 3.05) is 11.9 Å². The lowest BCUT2D eigenvalue weighted by atomic mass is 10.1. The first-order valence-corrected chi connectivity index (χ1v) is 9.24. The summed E-state index contributed by atoms with van der Waals surface area (Å²) in [4.78, 5) is 16.7. The second-order valence-electron chi connectivity index (χ2n) is 6.50. The minimum absolute atomic E-state index is 0.192. The van der Waals surface area contributed by atoms with E-state index in [1.165, 1.54) is 5.56 Å². The number of nitrogens with one attached hydrogen (secondary N) is 1. The summed E-state index contributed by atoms with van der Waals surface area (Å²) in [5, 5.41) is 2.93. The van der Waals surface area contributed by atoms with Gasteiger partial charge in [0.15, 0.2) is 11.5 Å². The van der Waals surface area contributed by atoms with E-state index >= 15 is 0 Å². The van der Waals surface area contributed by atoms with Crippen LogP contribution in [0.3, 0.4) is 0 Å². The quantitative estimate of drug-likeness (QED) is 0.635. The zero-order chi connectivity index (χ0) is 19.9. The highest BCUT2D eigenvalue weighted by molar-refractivity contribution is 6.04. The number of aryl methyl sites for hydroxylation is 2. The summed E-state index contributed by atoms with van der Waals surface area (Å²) in [6.45, 7) is 6.81. The highest BCUT2D eigenvalue weighted by atomic mass is 16.5. The minimum Gasteiger partial charge on any atom is -0.490 e. The SMILES string of the molecule is CCOc1cc(C(=O)Nc2ccc(C)c(C)c2)ccc1OCc1cccnc1. The van der Waals surface area contributed by atoms with Crippen LogP contribution >= 0.6 is 0 Å². The van der Waals surface area contributed by atoms with Crippen LogP contribution in [0.5, 0.6) is 11.5 Å². The lowest BCUT2D eigenvalue weighted by molar-refractivity contribution is 0.102. The van der Waals surface area contributed by atoms with E-state index in [0.29, 0.717) is 30.3 Å². The van der Waals surface area contributed by atoms with Crippen LogP contribution in [0.2, 0.25) is 0 Å². The number of ether oxygens (including phenoxy) is 2. The van der Waals surface area contributed by atoms with Gasteiger partial charge in [-0.25, -0.2) is 0 Å². The van der Waals surface area contributed by atoms with Crippen molar-refractivity contribution in [3.05, 3.63) is 83.2 Å². The Morgan fingerprint density at radius 1 is 1.00 bits per heavy atom. The Kier molecular flexibility index (Phi) is 6.27. The highest BCUT2D eigenvalue weighted by Gasteiger charge is 2.12. The van der Waals surface area contributed by atoms with E-state index in [2.05, 4.69) is 10.3 Å². The van der Waals surface area contributed by atoms with Gasteiger partial charge in [0.05, 0.1) is 6.61 Å². The molecule has 0 fully saturated rings. The summed E-state index contributed by atoms with van der Waals surface area (Å²) in [7, 11) is 0. The molecule has 144 valence electrons. The fourth-order valence-corrected chi connectivity index (χ4v) is 2.70. The van der Waals surface area contributed by atoms with Gasteiger partial charge in [0, 0.05) is 29.2 Å². The molecular weight excluding hydrogens is 352 g/mol. The molecule has 0 aliphatic heterocycles. The van der Waals surface area contributed by atoms with Gasteiger partial charge in [0.25, 0.3) is 5.91 Å². The molecule has 0 aliphatic carbocycles. The van der Waals surface area contributed by atoms with Crippen LogP contribution in [0.4, 0.5) is 5.69 Å². The number of carbonyl (C=O) groups is 1. The molecule has 0 saturated carbocycles. The number of pyridine rings is 1. The molecular formula is C23H24N2O3. The second-order valence-corrected chi connectivity index (χ2v) is 6.50. The van der Waals surface area contributed by atoms with Gasteiger partial charge in [-0.1, -0.05) is 12.1 Å². The van der Waals surface area contributed by atoms with Crippen LogP contribution in [0.1, 0.15) is 34.0 Å². The Labute approximate surface area is 165 Å². The number of hydrogen-bond acceptors (Lipinski definition) is 4. The molecule has 0 saturated heterocycles. The summed E-state index contributed by atoms with van der Waals surface area (Å²) in [5.74, 6) is 0.940. The topological polar surface area (TPSA) is 60.5 Å². The number of amides is 1. The molecule has 5 heteroatoms. The third-order valence-electron chi connectivity index (χ3n) is 4.39. The molecule has 0 atom stereocenters. The first kappa shape index (κ1) is 19.4. The van der Waals surface area contributed by atoms with Gasteiger partial charge in [0.2, 0.25) is 0 Å². The highest BCUT2D eigenvalue weighted by Crippen LogP contribution is 2.29. The first-order valence-electron chi connectivity index (χ1n) is 9.24. The zero-order valence-electron chi connectivity index (χ0n) is 16.4. The van der Waals surface area contributed by atoms with Gasteiger partial charge in [-0.3, -0.25) is 9.78 Å². The third-order valence-corrected chi connectivity index (χ3v) is 4.39. The van der Waals surface area contributed by atoms with Crippen molar-refractivity contribution in [1.29, 1.82) is 0 Å². The van der Waals surface area contributed by atoms with Crippen molar-refractivity contribution in [2.24, 2.45) is 0 Å². The molecule has 1 N–H and O–H groups in total. The maximum absolute atomic E-state index is 12.6. The van der Waals surface area contributed by atoms with Gasteiger partial charge < -0.3 is 14.8 Å². The number of rotatable bonds is 7. The normalized spacial score (nSPS) is 10.4. The molecule has 0 aliphatic rings. The van der Waals surface area contributed by atoms with Gasteiger partial charge in [-0.05, 0) is 68.3 Å². The number of anilines is 1. The smallest absolute Gasteiger partial charge is 0.255 e. The second kappa shape index (κ2) is 9.04. The maximum Gasteiger partial charge on any atom is 0.255 e. The molecule has 5 nitrogen and oxygen atoms in total. The molecule has 0 spiro atoms. The number of carbonyl (C=O) groups excluding carboxylic acids is 1. The van der Waals surface area contributed by atoms with Crippen LogP contribution in [-0.2, 0) is 6.61 Å². The van der Waals surface area contributed by atoms with E-state index in [1.807, 2.05) is 51.1 Å². The molecule has 28 heavy (non-hydrogen) atoms. The summed E-state index contributed by atoms with van der Waals surface area (Å²) >= 11 is 0. The van der Waals surface area contributed by atoms with Crippen LogP contribution in [0.15, 0.2) is 60.9 Å². The van der Waals surface area contributed by atoms with Gasteiger partial charge >= 0.3 is 0 Å². The predicted octanol–water partition coefficient (Wildman–Crippen LogP) is 4.93. The van der Waals surface area contributed by atoms with Gasteiger partial charge in [0.1, 0.15) is 6.61 Å². The van der Waals surface area contributed by atoms with Crippen molar-refractivity contribution >= 4 is 11.6 Å². The Morgan fingerprint density at radius 2 is 1.86 bits per heavy atom. The Bertz CT molecular complexity index is 955. The Hall–Kier alpha value is -3.34. The Morgan fingerprint density at radius 3 is 2.57 bits per heavy atom. The van der Waals surface area contributed by atoms with Crippen molar-refractivity contribution in [3.63, 3.8) is 0 Å². The molecule has 0 unspecified atom stereocenters. The fraction of sp³-hybridized carbons (Fsp3) is 0.217. The van der Waals surface area contributed by atoms with Crippen LogP contribution in [-0.4, -0.2) is 17.5 Å². The lowest BCUT2D eigenvalue weighted by Gasteiger charge is -2.14. The number of aromatic nitrogens is 1. The molecule has 1 heterocycles. The molecule has 1 amide bonds. The van der Waals surface area contributed by atoms with Gasteiger partial charge in [-0.2, -0.15) is 0 Å². The molecule has 3 aromatic rings. The van der Waals surface area contributed by atoms with Crippen LogP contribution in [0.25, 0.3) is 0 Å². The standard InChI is InChI=1S/C23H24N2O3/c1-4-27-22-13-19(23(26)25-20-9-7-16(2)17(3)12-20)8-10-21(22)28-15-18-6-5-11-24-14-18/h5-14H,4,15H2,1-3H3,(H,25,26). The predicted molar refractivity (Wildman–Crippen MR) is 110 cm³/mol. The minimum atomic E-state index is -0.192. The van der Waals surface area contributed by atoms with Crippen LogP contribution < -0.4 is 14.8 Å². The van der Waals surface area contributed by atoms with Crippen molar-refractivity contribution in [2.45, 2.75) is 27.4 Å². The van der Waals surface area contributed by atoms with Crippen molar-refractivity contribution < 1.29 is 14.3 Å². The van der Waals surface area contributed by atoms with E-state index in [4.69, 9.17) is 9.47 Å². The monoisotopic (exact) mass is 376 g/mol. The van der Waals surface area contributed by atoms with Crippen molar-refractivity contribution in [1.82, 2.24) is 4.98 Å². The first-order chi connectivity index (χ1) is 13.6. The molecule has 3 rings (SSSR count).